The Bertz CT molecular complexity index is 572. The summed E-state index contributed by atoms with van der Waals surface area (Å²) in [6.07, 6.45) is 6.35. The molecule has 0 aromatic carbocycles. The van der Waals surface area contributed by atoms with Crippen LogP contribution >= 0.6 is 35.3 Å². The molecule has 5 nitrogen and oxygen atoms in total. The number of hydrogen-bond donors (Lipinski definition) is 2. The summed E-state index contributed by atoms with van der Waals surface area (Å²) in [6.45, 7) is 6.72. The van der Waals surface area contributed by atoms with E-state index in [4.69, 9.17) is 4.99 Å². The highest BCUT2D eigenvalue weighted by molar-refractivity contribution is 14.0. The zero-order valence-electron chi connectivity index (χ0n) is 14.9. The first-order valence-electron chi connectivity index (χ1n) is 9.07. The summed E-state index contributed by atoms with van der Waals surface area (Å²) in [5, 5.41) is 8.31. The van der Waals surface area contributed by atoms with Crippen LogP contribution in [0.4, 0.5) is 0 Å². The summed E-state index contributed by atoms with van der Waals surface area (Å²) in [5.74, 6) is 1.07. The molecule has 1 aromatic heterocycles. The van der Waals surface area contributed by atoms with E-state index in [1.54, 1.807) is 0 Å². The highest BCUT2D eigenvalue weighted by Crippen LogP contribution is 2.47. The average Bonchev–Trinajstić information content (AvgIpc) is 3.22. The van der Waals surface area contributed by atoms with Gasteiger partial charge in [-0.25, -0.2) is 0 Å². The van der Waals surface area contributed by atoms with E-state index in [2.05, 4.69) is 22.5 Å². The van der Waals surface area contributed by atoms with Crippen molar-refractivity contribution in [1.82, 2.24) is 15.5 Å². The van der Waals surface area contributed by atoms with Crippen molar-refractivity contribution < 1.29 is 4.79 Å². The zero-order chi connectivity index (χ0) is 16.8. The number of guanidine groups is 1. The number of nitrogens with one attached hydrogen (secondary N) is 2. The van der Waals surface area contributed by atoms with Crippen molar-refractivity contribution in [3.63, 3.8) is 0 Å². The molecule has 2 aliphatic rings. The molecule has 1 spiro atoms. The molecule has 0 atom stereocenters. The van der Waals surface area contributed by atoms with E-state index in [1.165, 1.54) is 37.0 Å². The second-order valence-electron chi connectivity index (χ2n) is 6.85. The van der Waals surface area contributed by atoms with Crippen LogP contribution in [0.3, 0.4) is 0 Å². The first-order chi connectivity index (χ1) is 11.7. The fraction of sp³-hybridized carbons (Fsp3) is 0.667. The molecule has 25 heavy (non-hydrogen) atoms. The number of amides is 1. The first-order valence-corrected chi connectivity index (χ1v) is 9.95. The van der Waals surface area contributed by atoms with Gasteiger partial charge in [-0.15, -0.1) is 35.3 Å². The number of carbonyl (C=O) groups is 1. The van der Waals surface area contributed by atoms with Crippen molar-refractivity contribution in [3.8, 4) is 0 Å². The maximum Gasteiger partial charge on any atom is 0.261 e. The molecule has 0 radical (unpaired) electrons. The Hall–Kier alpha value is -0.830. The standard InChI is InChI=1S/C18H28N4OS.HI/c1-2-19-17(22-12-9-18(14-22)7-4-8-18)21-11-5-10-20-16(23)15-6-3-13-24-15;/h3,6,13H,2,4-5,7-12,14H2,1H3,(H,19,21)(H,20,23);1H. The van der Waals surface area contributed by atoms with Gasteiger partial charge in [-0.1, -0.05) is 12.5 Å². The predicted molar refractivity (Wildman–Crippen MR) is 115 cm³/mol. The van der Waals surface area contributed by atoms with Gasteiger partial charge in [0.1, 0.15) is 0 Å². The summed E-state index contributed by atoms with van der Waals surface area (Å²) >= 11 is 1.47. The Labute approximate surface area is 171 Å². The Kier molecular flexibility index (Phi) is 7.99. The Morgan fingerprint density at radius 1 is 1.36 bits per heavy atom. The summed E-state index contributed by atoms with van der Waals surface area (Å²) in [6, 6.07) is 3.75. The largest absolute Gasteiger partial charge is 0.357 e. The quantitative estimate of drug-likeness (QED) is 0.287. The second-order valence-corrected chi connectivity index (χ2v) is 7.80. The van der Waals surface area contributed by atoms with Gasteiger partial charge in [-0.2, -0.15) is 0 Å². The summed E-state index contributed by atoms with van der Waals surface area (Å²) in [7, 11) is 0. The van der Waals surface area contributed by atoms with Gasteiger partial charge in [0.25, 0.3) is 5.91 Å². The molecule has 2 fully saturated rings. The Morgan fingerprint density at radius 2 is 2.20 bits per heavy atom. The highest BCUT2D eigenvalue weighted by Gasteiger charge is 2.43. The second kappa shape index (κ2) is 9.75. The number of nitrogens with zero attached hydrogens (tertiary/aromatic N) is 2. The third-order valence-corrected chi connectivity index (χ3v) is 5.98. The molecule has 1 saturated carbocycles. The van der Waals surface area contributed by atoms with Gasteiger partial charge in [-0.3, -0.25) is 9.79 Å². The lowest BCUT2D eigenvalue weighted by atomic mass is 9.68. The molecule has 2 heterocycles. The van der Waals surface area contributed by atoms with Gasteiger partial charge in [0.15, 0.2) is 5.96 Å². The van der Waals surface area contributed by atoms with Crippen LogP contribution in [0.15, 0.2) is 22.5 Å². The lowest BCUT2D eigenvalue weighted by Crippen LogP contribution is -2.42. The monoisotopic (exact) mass is 476 g/mol. The van der Waals surface area contributed by atoms with E-state index in [1.807, 2.05) is 17.5 Å². The molecule has 0 unspecified atom stereocenters. The average molecular weight is 476 g/mol. The molecule has 1 amide bonds. The van der Waals surface area contributed by atoms with E-state index >= 15 is 0 Å². The SMILES string of the molecule is CCNC(=NCCCNC(=O)c1cccs1)N1CCC2(CCC2)C1.I. The lowest BCUT2D eigenvalue weighted by molar-refractivity contribution is 0.0957. The van der Waals surface area contributed by atoms with Crippen molar-refractivity contribution in [2.75, 3.05) is 32.7 Å². The Balaban J connectivity index is 0.00000225. The van der Waals surface area contributed by atoms with E-state index in [9.17, 15) is 4.79 Å². The molecule has 0 bridgehead atoms. The zero-order valence-corrected chi connectivity index (χ0v) is 18.1. The van der Waals surface area contributed by atoms with Gasteiger partial charge >= 0.3 is 0 Å². The van der Waals surface area contributed by atoms with Crippen LogP contribution in [0, 0.1) is 5.41 Å². The number of likely N-dealkylation sites (tertiary alicyclic amines) is 1. The topological polar surface area (TPSA) is 56.7 Å². The highest BCUT2D eigenvalue weighted by atomic mass is 127. The third-order valence-electron chi connectivity index (χ3n) is 5.11. The van der Waals surface area contributed by atoms with E-state index in [0.29, 0.717) is 12.0 Å². The van der Waals surface area contributed by atoms with Crippen LogP contribution in [0.5, 0.6) is 0 Å². The summed E-state index contributed by atoms with van der Waals surface area (Å²) < 4.78 is 0. The lowest BCUT2D eigenvalue weighted by Gasteiger charge is -2.38. The van der Waals surface area contributed by atoms with Crippen LogP contribution in [0.2, 0.25) is 0 Å². The van der Waals surface area contributed by atoms with Crippen molar-refractivity contribution in [2.45, 2.75) is 39.0 Å². The number of aliphatic imine (C=N–C) groups is 1. The number of rotatable bonds is 6. The van der Waals surface area contributed by atoms with Crippen LogP contribution in [-0.2, 0) is 0 Å². The van der Waals surface area contributed by atoms with E-state index < -0.39 is 0 Å². The number of thiophene rings is 1. The van der Waals surface area contributed by atoms with Crippen molar-refractivity contribution in [2.24, 2.45) is 10.4 Å². The van der Waals surface area contributed by atoms with Crippen molar-refractivity contribution in [3.05, 3.63) is 22.4 Å². The normalized spacial score (nSPS) is 18.6. The first kappa shape index (κ1) is 20.5. The minimum atomic E-state index is 0. The maximum atomic E-state index is 11.9. The van der Waals surface area contributed by atoms with E-state index in [-0.39, 0.29) is 29.9 Å². The van der Waals surface area contributed by atoms with Crippen LogP contribution in [0.25, 0.3) is 0 Å². The van der Waals surface area contributed by atoms with Crippen molar-refractivity contribution >= 4 is 47.2 Å². The molecule has 7 heteroatoms. The molecule has 1 aliphatic heterocycles. The minimum absolute atomic E-state index is 0. The van der Waals surface area contributed by atoms with Crippen molar-refractivity contribution in [1.29, 1.82) is 0 Å². The summed E-state index contributed by atoms with van der Waals surface area (Å²) in [5.41, 5.74) is 0.588. The van der Waals surface area contributed by atoms with Gasteiger partial charge in [0.05, 0.1) is 4.88 Å². The number of halogens is 1. The molecule has 140 valence electrons. The molecule has 3 rings (SSSR count). The maximum absolute atomic E-state index is 11.9. The smallest absolute Gasteiger partial charge is 0.261 e. The molecule has 1 saturated heterocycles. The fourth-order valence-corrected chi connectivity index (χ4v) is 4.23. The van der Waals surface area contributed by atoms with Crippen LogP contribution in [0.1, 0.15) is 48.7 Å². The molecule has 2 N–H and O–H groups in total. The molecule has 1 aliphatic carbocycles. The van der Waals surface area contributed by atoms with E-state index in [0.717, 1.165) is 43.4 Å². The third kappa shape index (κ3) is 5.32. The fourth-order valence-electron chi connectivity index (χ4n) is 3.59. The Morgan fingerprint density at radius 3 is 2.80 bits per heavy atom. The number of hydrogen-bond acceptors (Lipinski definition) is 3. The summed E-state index contributed by atoms with van der Waals surface area (Å²) in [4.78, 5) is 19.8. The molecule has 1 aromatic rings. The van der Waals surface area contributed by atoms with Gasteiger partial charge in [0, 0.05) is 32.7 Å². The van der Waals surface area contributed by atoms with Gasteiger partial charge in [-0.05, 0) is 49.5 Å². The van der Waals surface area contributed by atoms with Gasteiger partial charge < -0.3 is 15.5 Å². The number of carbonyl (C=O) groups excluding carboxylic acids is 1. The molecular weight excluding hydrogens is 447 g/mol. The predicted octanol–water partition coefficient (Wildman–Crippen LogP) is 3.33. The van der Waals surface area contributed by atoms with Crippen LogP contribution in [-0.4, -0.2) is 49.5 Å². The minimum Gasteiger partial charge on any atom is -0.357 e. The van der Waals surface area contributed by atoms with Crippen LogP contribution < -0.4 is 10.6 Å². The molecular formula is C18H29IN4OS. The van der Waals surface area contributed by atoms with Gasteiger partial charge in [0.2, 0.25) is 0 Å².